The minimum atomic E-state index is -0.480. The molecule has 0 saturated heterocycles. The van der Waals surface area contributed by atoms with Crippen LogP contribution >= 0.6 is 0 Å². The van der Waals surface area contributed by atoms with Crippen molar-refractivity contribution in [1.29, 1.82) is 0 Å². The van der Waals surface area contributed by atoms with Crippen LogP contribution < -0.4 is 4.74 Å². The van der Waals surface area contributed by atoms with Crippen LogP contribution in [0.25, 0.3) is 0 Å². The zero-order valence-electron chi connectivity index (χ0n) is 12.3. The van der Waals surface area contributed by atoms with Gasteiger partial charge in [0.1, 0.15) is 5.75 Å². The highest BCUT2D eigenvalue weighted by atomic mass is 16.5. The highest BCUT2D eigenvalue weighted by Crippen LogP contribution is 2.30. The van der Waals surface area contributed by atoms with Crippen LogP contribution in [0.15, 0.2) is 18.2 Å². The Hall–Kier alpha value is -1.06. The summed E-state index contributed by atoms with van der Waals surface area (Å²) >= 11 is 0. The first-order valence-electron chi connectivity index (χ1n) is 7.07. The second-order valence-electron chi connectivity index (χ2n) is 5.92. The number of hydrogen-bond acceptors (Lipinski definition) is 3. The summed E-state index contributed by atoms with van der Waals surface area (Å²) in [6, 6.07) is 6.24. The Bertz CT molecular complexity index is 425. The molecular weight excluding hydrogens is 238 g/mol. The van der Waals surface area contributed by atoms with Crippen molar-refractivity contribution in [1.82, 2.24) is 4.90 Å². The number of rotatable bonds is 5. The number of benzene rings is 1. The van der Waals surface area contributed by atoms with E-state index in [9.17, 15) is 5.11 Å². The van der Waals surface area contributed by atoms with Gasteiger partial charge in [0.15, 0.2) is 0 Å². The molecule has 0 spiro atoms. The maximum Gasteiger partial charge on any atom is 0.123 e. The molecule has 0 heterocycles. The zero-order chi connectivity index (χ0) is 13.9. The van der Waals surface area contributed by atoms with Crippen LogP contribution in [0.1, 0.15) is 36.8 Å². The fourth-order valence-electron chi connectivity index (χ4n) is 3.07. The number of nitrogens with zero attached hydrogens (tertiary/aromatic N) is 1. The lowest BCUT2D eigenvalue weighted by Gasteiger charge is -2.29. The van der Waals surface area contributed by atoms with E-state index < -0.39 is 5.60 Å². The van der Waals surface area contributed by atoms with Crippen molar-refractivity contribution in [2.24, 2.45) is 0 Å². The molecule has 1 aliphatic carbocycles. The predicted octanol–water partition coefficient (Wildman–Crippen LogP) is 2.74. The molecule has 0 aromatic heterocycles. The summed E-state index contributed by atoms with van der Waals surface area (Å²) in [5, 5.41) is 10.4. The summed E-state index contributed by atoms with van der Waals surface area (Å²) in [7, 11) is 3.77. The van der Waals surface area contributed by atoms with Crippen molar-refractivity contribution in [3.05, 3.63) is 29.3 Å². The van der Waals surface area contributed by atoms with Gasteiger partial charge in [-0.3, -0.25) is 4.90 Å². The third-order valence-corrected chi connectivity index (χ3v) is 3.97. The molecule has 1 N–H and O–H groups in total. The monoisotopic (exact) mass is 263 g/mol. The van der Waals surface area contributed by atoms with Crippen LogP contribution in [0.3, 0.4) is 0 Å². The summed E-state index contributed by atoms with van der Waals surface area (Å²) in [6.07, 6.45) is 4.17. The highest BCUT2D eigenvalue weighted by Gasteiger charge is 2.32. The van der Waals surface area contributed by atoms with Gasteiger partial charge in [-0.2, -0.15) is 0 Å². The molecule has 0 radical (unpaired) electrons. The number of hydrogen-bond donors (Lipinski definition) is 1. The van der Waals surface area contributed by atoms with Gasteiger partial charge < -0.3 is 9.84 Å². The minimum Gasteiger partial charge on any atom is -0.496 e. The third kappa shape index (κ3) is 3.71. The lowest BCUT2D eigenvalue weighted by Crippen LogP contribution is -2.38. The van der Waals surface area contributed by atoms with Crippen molar-refractivity contribution in [2.45, 2.75) is 44.8 Å². The predicted molar refractivity (Wildman–Crippen MR) is 77.5 cm³/mol. The summed E-state index contributed by atoms with van der Waals surface area (Å²) in [5.41, 5.74) is 1.95. The SMILES string of the molecule is COc1ccc(C)cc1CN(C)CC1(O)CCCC1. The van der Waals surface area contributed by atoms with Gasteiger partial charge in [-0.25, -0.2) is 0 Å². The molecule has 3 heteroatoms. The number of aliphatic hydroxyl groups is 1. The highest BCUT2D eigenvalue weighted by molar-refractivity contribution is 5.36. The standard InChI is InChI=1S/C16H25NO2/c1-13-6-7-15(19-3)14(10-13)11-17(2)12-16(18)8-4-5-9-16/h6-7,10,18H,4-5,8-9,11-12H2,1-3H3. The van der Waals surface area contributed by atoms with Gasteiger partial charge >= 0.3 is 0 Å². The molecule has 1 fully saturated rings. The van der Waals surface area contributed by atoms with Gasteiger partial charge in [0.2, 0.25) is 0 Å². The molecule has 1 saturated carbocycles. The Kier molecular flexibility index (Phi) is 4.48. The summed E-state index contributed by atoms with van der Waals surface area (Å²) in [4.78, 5) is 2.20. The van der Waals surface area contributed by atoms with Gasteiger partial charge in [0.05, 0.1) is 12.7 Å². The van der Waals surface area contributed by atoms with E-state index in [1.54, 1.807) is 7.11 Å². The number of likely N-dealkylation sites (N-methyl/N-ethyl adjacent to an activating group) is 1. The van der Waals surface area contributed by atoms with Gasteiger partial charge in [-0.05, 0) is 32.9 Å². The average molecular weight is 263 g/mol. The molecule has 106 valence electrons. The molecule has 1 aliphatic rings. The second kappa shape index (κ2) is 5.93. The van der Waals surface area contributed by atoms with E-state index in [0.717, 1.165) is 44.5 Å². The van der Waals surface area contributed by atoms with Crippen molar-refractivity contribution in [3.8, 4) is 5.75 Å². The molecule has 3 nitrogen and oxygen atoms in total. The average Bonchev–Trinajstić information content (AvgIpc) is 2.75. The summed E-state index contributed by atoms with van der Waals surface area (Å²) < 4.78 is 5.41. The lowest BCUT2D eigenvalue weighted by atomic mass is 10.0. The van der Waals surface area contributed by atoms with Crippen LogP contribution in [0, 0.1) is 6.92 Å². The Morgan fingerprint density at radius 1 is 1.32 bits per heavy atom. The molecule has 1 aromatic rings. The van der Waals surface area contributed by atoms with Crippen LogP contribution in [-0.2, 0) is 6.54 Å². The minimum absolute atomic E-state index is 0.480. The van der Waals surface area contributed by atoms with Crippen LogP contribution in [0.5, 0.6) is 5.75 Å². The third-order valence-electron chi connectivity index (χ3n) is 3.97. The Morgan fingerprint density at radius 2 is 2.00 bits per heavy atom. The topological polar surface area (TPSA) is 32.7 Å². The molecule has 2 rings (SSSR count). The molecule has 0 bridgehead atoms. The zero-order valence-corrected chi connectivity index (χ0v) is 12.3. The fraction of sp³-hybridized carbons (Fsp3) is 0.625. The number of methoxy groups -OCH3 is 1. The van der Waals surface area contributed by atoms with Crippen LogP contribution in [-0.4, -0.2) is 36.3 Å². The smallest absolute Gasteiger partial charge is 0.123 e. The molecular formula is C16H25NO2. The van der Waals surface area contributed by atoms with E-state index in [1.165, 1.54) is 11.1 Å². The second-order valence-corrected chi connectivity index (χ2v) is 5.92. The van der Waals surface area contributed by atoms with E-state index in [0.29, 0.717) is 0 Å². The van der Waals surface area contributed by atoms with E-state index in [2.05, 4.69) is 31.0 Å². The number of aryl methyl sites for hydroxylation is 1. The molecule has 0 amide bonds. The molecule has 0 unspecified atom stereocenters. The molecule has 19 heavy (non-hydrogen) atoms. The van der Waals surface area contributed by atoms with Gasteiger partial charge in [0.25, 0.3) is 0 Å². The van der Waals surface area contributed by atoms with Gasteiger partial charge in [-0.15, -0.1) is 0 Å². The van der Waals surface area contributed by atoms with Crippen molar-refractivity contribution >= 4 is 0 Å². The summed E-state index contributed by atoms with van der Waals surface area (Å²) in [6.45, 7) is 3.64. The van der Waals surface area contributed by atoms with Crippen molar-refractivity contribution < 1.29 is 9.84 Å². The summed E-state index contributed by atoms with van der Waals surface area (Å²) in [5.74, 6) is 0.927. The van der Waals surface area contributed by atoms with Crippen LogP contribution in [0.4, 0.5) is 0 Å². The van der Waals surface area contributed by atoms with E-state index in [-0.39, 0.29) is 0 Å². The van der Waals surface area contributed by atoms with E-state index in [1.807, 2.05) is 6.07 Å². The molecule has 0 atom stereocenters. The maximum absolute atomic E-state index is 10.4. The maximum atomic E-state index is 10.4. The Morgan fingerprint density at radius 3 is 2.63 bits per heavy atom. The lowest BCUT2D eigenvalue weighted by molar-refractivity contribution is 0.0144. The van der Waals surface area contributed by atoms with Crippen molar-refractivity contribution in [3.63, 3.8) is 0 Å². The molecule has 1 aromatic carbocycles. The van der Waals surface area contributed by atoms with Gasteiger partial charge in [-0.1, -0.05) is 30.5 Å². The first-order chi connectivity index (χ1) is 9.02. The van der Waals surface area contributed by atoms with Gasteiger partial charge in [0, 0.05) is 18.7 Å². The first-order valence-corrected chi connectivity index (χ1v) is 7.07. The quantitative estimate of drug-likeness (QED) is 0.886. The van der Waals surface area contributed by atoms with Crippen LogP contribution in [0.2, 0.25) is 0 Å². The first kappa shape index (κ1) is 14.4. The largest absolute Gasteiger partial charge is 0.496 e. The normalized spacial score (nSPS) is 17.9. The van der Waals surface area contributed by atoms with Crippen molar-refractivity contribution in [2.75, 3.05) is 20.7 Å². The fourth-order valence-corrected chi connectivity index (χ4v) is 3.07. The number of ether oxygens (including phenoxy) is 1. The van der Waals surface area contributed by atoms with E-state index in [4.69, 9.17) is 4.74 Å². The Labute approximate surface area is 116 Å². The molecule has 0 aliphatic heterocycles. The Balaban J connectivity index is 2.02. The van der Waals surface area contributed by atoms with E-state index >= 15 is 0 Å².